The Hall–Kier alpha value is -0.224. The van der Waals surface area contributed by atoms with Gasteiger partial charge in [-0.25, -0.2) is 0 Å². The molecule has 4 rings (SSSR count). The summed E-state index contributed by atoms with van der Waals surface area (Å²) in [6, 6.07) is 18.0. The zero-order valence-electron chi connectivity index (χ0n) is 15.4. The molecular weight excluding hydrogens is 319 g/mol. The van der Waals surface area contributed by atoms with Gasteiger partial charge in [0.05, 0.1) is 0 Å². The molecule has 1 aliphatic carbocycles. The Morgan fingerprint density at radius 2 is 1.38 bits per heavy atom. The molecule has 0 aliphatic heterocycles. The summed E-state index contributed by atoms with van der Waals surface area (Å²) in [7, 11) is 0. The van der Waals surface area contributed by atoms with E-state index in [0.29, 0.717) is 0 Å². The van der Waals surface area contributed by atoms with Gasteiger partial charge in [0.1, 0.15) is 0 Å². The normalized spacial score (nSPS) is 13.7. The molecule has 3 aromatic carbocycles. The van der Waals surface area contributed by atoms with E-state index in [2.05, 4.69) is 48.5 Å². The van der Waals surface area contributed by atoms with Gasteiger partial charge in [0, 0.05) is 0 Å². The summed E-state index contributed by atoms with van der Waals surface area (Å²) >= 11 is 0. The van der Waals surface area contributed by atoms with Crippen molar-refractivity contribution in [2.75, 3.05) is 0 Å². The molecule has 0 aromatic heterocycles. The summed E-state index contributed by atoms with van der Waals surface area (Å²) in [5.74, 6) is 0. The van der Waals surface area contributed by atoms with E-state index in [1.165, 1.54) is 47.2 Å². The third-order valence-corrected chi connectivity index (χ3v) is 4.26. The van der Waals surface area contributed by atoms with E-state index in [1.54, 1.807) is 31.9 Å². The molecule has 3 aromatic rings. The summed E-state index contributed by atoms with van der Waals surface area (Å²) in [6.45, 7) is 4.90. The quantitative estimate of drug-likeness (QED) is 0.452. The molecule has 0 radical (unpaired) electrons. The van der Waals surface area contributed by atoms with Crippen molar-refractivity contribution in [3.63, 3.8) is 0 Å². The van der Waals surface area contributed by atoms with Gasteiger partial charge in [-0.15, -0.1) is 5.60 Å². The van der Waals surface area contributed by atoms with Gasteiger partial charge >= 0.3 is 51.4 Å². The second-order valence-electron chi connectivity index (χ2n) is 7.40. The standard InChI is InChI=1S/C18H16.C4H9O.K/c1-3-7-15-13(5-1)9-11-18-16-8-4-2-6-14(16)10-12-17(15)18;1-4(2,3)5;/h1,3,5,7,9-12H,2,4,6,8H2;1-3H3;/q;-1;+1. The van der Waals surface area contributed by atoms with Gasteiger partial charge in [0.2, 0.25) is 0 Å². The molecular formula is C22H25KO. The van der Waals surface area contributed by atoms with Crippen molar-refractivity contribution >= 4 is 21.5 Å². The van der Waals surface area contributed by atoms with Gasteiger partial charge in [0.25, 0.3) is 0 Å². The first-order valence-electron chi connectivity index (χ1n) is 8.56. The first-order valence-corrected chi connectivity index (χ1v) is 8.56. The number of fused-ring (bicyclic) bond motifs is 5. The average Bonchev–Trinajstić information content (AvgIpc) is 2.52. The monoisotopic (exact) mass is 344 g/mol. The minimum atomic E-state index is -0.750. The molecule has 24 heavy (non-hydrogen) atoms. The van der Waals surface area contributed by atoms with Gasteiger partial charge in [0.15, 0.2) is 0 Å². The molecule has 0 N–H and O–H groups in total. The van der Waals surface area contributed by atoms with E-state index in [9.17, 15) is 5.11 Å². The summed E-state index contributed by atoms with van der Waals surface area (Å²) < 4.78 is 0. The van der Waals surface area contributed by atoms with Crippen molar-refractivity contribution in [3.05, 3.63) is 59.7 Å². The maximum Gasteiger partial charge on any atom is 1.00 e. The largest absolute Gasteiger partial charge is 1.00 e. The number of benzene rings is 3. The van der Waals surface area contributed by atoms with Crippen LogP contribution in [-0.2, 0) is 12.8 Å². The van der Waals surface area contributed by atoms with Crippen LogP contribution in [0.4, 0.5) is 0 Å². The van der Waals surface area contributed by atoms with Crippen molar-refractivity contribution in [1.29, 1.82) is 0 Å². The second-order valence-corrected chi connectivity index (χ2v) is 7.40. The Morgan fingerprint density at radius 1 is 0.750 bits per heavy atom. The van der Waals surface area contributed by atoms with Crippen LogP contribution >= 0.6 is 0 Å². The fourth-order valence-electron chi connectivity index (χ4n) is 3.34. The Bertz CT molecular complexity index is 824. The van der Waals surface area contributed by atoms with Crippen LogP contribution in [0.1, 0.15) is 44.7 Å². The smallest absolute Gasteiger partial charge is 0.850 e. The van der Waals surface area contributed by atoms with Gasteiger partial charge < -0.3 is 5.11 Å². The van der Waals surface area contributed by atoms with Crippen molar-refractivity contribution in [2.45, 2.75) is 52.1 Å². The van der Waals surface area contributed by atoms with Crippen LogP contribution in [0.25, 0.3) is 21.5 Å². The Labute approximate surface area is 187 Å². The molecule has 0 amide bonds. The topological polar surface area (TPSA) is 23.1 Å². The molecule has 2 heteroatoms. The number of aryl methyl sites for hydroxylation is 2. The summed E-state index contributed by atoms with van der Waals surface area (Å²) in [5.41, 5.74) is 2.42. The second kappa shape index (κ2) is 8.44. The van der Waals surface area contributed by atoms with Gasteiger partial charge in [-0.2, -0.15) is 0 Å². The van der Waals surface area contributed by atoms with Crippen LogP contribution in [-0.4, -0.2) is 5.60 Å². The molecule has 1 nitrogen and oxygen atoms in total. The molecule has 0 saturated carbocycles. The van der Waals surface area contributed by atoms with Crippen molar-refractivity contribution < 1.29 is 56.5 Å². The third kappa shape index (κ3) is 4.91. The summed E-state index contributed by atoms with van der Waals surface area (Å²) in [5, 5.41) is 15.7. The number of rotatable bonds is 0. The summed E-state index contributed by atoms with van der Waals surface area (Å²) in [4.78, 5) is 0. The molecule has 0 heterocycles. The van der Waals surface area contributed by atoms with E-state index in [4.69, 9.17) is 0 Å². The van der Waals surface area contributed by atoms with Crippen molar-refractivity contribution in [1.82, 2.24) is 0 Å². The predicted molar refractivity (Wildman–Crippen MR) is 97.8 cm³/mol. The fraction of sp³-hybridized carbons (Fsp3) is 0.364. The molecule has 0 spiro atoms. The first kappa shape index (κ1) is 20.1. The summed E-state index contributed by atoms with van der Waals surface area (Å²) in [6.07, 6.45) is 5.22. The minimum absolute atomic E-state index is 0. The van der Waals surface area contributed by atoms with Crippen LogP contribution in [0.5, 0.6) is 0 Å². The SMILES string of the molecule is CC(C)(C)[O-].[K+].c1ccc2c(c1)ccc1c3c(ccc12)CCCC3. The maximum absolute atomic E-state index is 10.1. The van der Waals surface area contributed by atoms with Crippen molar-refractivity contribution in [3.8, 4) is 0 Å². The zero-order valence-corrected chi connectivity index (χ0v) is 18.5. The third-order valence-electron chi connectivity index (χ3n) is 4.26. The van der Waals surface area contributed by atoms with E-state index in [0.717, 1.165) is 0 Å². The Balaban J connectivity index is 0.000000309. The fourth-order valence-corrected chi connectivity index (χ4v) is 3.34. The van der Waals surface area contributed by atoms with E-state index < -0.39 is 5.60 Å². The maximum atomic E-state index is 10.1. The minimum Gasteiger partial charge on any atom is -0.850 e. The van der Waals surface area contributed by atoms with Crippen molar-refractivity contribution in [2.24, 2.45) is 0 Å². The molecule has 0 unspecified atom stereocenters. The van der Waals surface area contributed by atoms with Crippen LogP contribution in [0.3, 0.4) is 0 Å². The van der Waals surface area contributed by atoms with Gasteiger partial charge in [-0.1, -0.05) is 69.3 Å². The van der Waals surface area contributed by atoms with Crippen LogP contribution < -0.4 is 56.5 Å². The van der Waals surface area contributed by atoms with Crippen LogP contribution in [0.2, 0.25) is 0 Å². The molecule has 0 fully saturated rings. The van der Waals surface area contributed by atoms with Gasteiger partial charge in [-0.05, 0) is 58.4 Å². The number of hydrogen-bond donors (Lipinski definition) is 0. The molecule has 0 atom stereocenters. The Morgan fingerprint density at radius 3 is 2.12 bits per heavy atom. The molecule has 120 valence electrons. The van der Waals surface area contributed by atoms with E-state index >= 15 is 0 Å². The van der Waals surface area contributed by atoms with E-state index in [1.807, 2.05) is 0 Å². The molecule has 1 aliphatic rings. The first-order chi connectivity index (χ1) is 10.9. The average molecular weight is 345 g/mol. The van der Waals surface area contributed by atoms with Crippen LogP contribution in [0, 0.1) is 0 Å². The van der Waals surface area contributed by atoms with E-state index in [-0.39, 0.29) is 51.4 Å². The predicted octanol–water partition coefficient (Wildman–Crippen LogP) is 2.02. The molecule has 0 saturated heterocycles. The Kier molecular flexibility index (Phi) is 7.06. The van der Waals surface area contributed by atoms with Crippen LogP contribution in [0.15, 0.2) is 48.5 Å². The number of hydrogen-bond acceptors (Lipinski definition) is 1. The molecule has 0 bridgehead atoms. The van der Waals surface area contributed by atoms with Gasteiger partial charge in [-0.3, -0.25) is 0 Å². The zero-order chi connectivity index (χ0) is 16.4.